The van der Waals surface area contributed by atoms with Crippen molar-refractivity contribution in [1.82, 2.24) is 9.97 Å². The van der Waals surface area contributed by atoms with Crippen LogP contribution in [0.5, 0.6) is 11.8 Å². The Morgan fingerprint density at radius 1 is 0.759 bits per heavy atom. The lowest BCUT2D eigenvalue weighted by atomic mass is 9.94. The molecule has 4 rings (SSSR count). The maximum absolute atomic E-state index is 12.4. The minimum Gasteiger partial charge on any atom is -0.465 e. The van der Waals surface area contributed by atoms with Crippen LogP contribution in [-0.2, 0) is 4.74 Å². The molecule has 0 aliphatic rings. The number of methoxy groups -OCH3 is 1. The summed E-state index contributed by atoms with van der Waals surface area (Å²) in [4.78, 5) is 20.7. The van der Waals surface area contributed by atoms with Gasteiger partial charge in [-0.2, -0.15) is 0 Å². The number of benzene rings is 3. The highest BCUT2D eigenvalue weighted by atomic mass is 16.5. The normalized spacial score (nSPS) is 10.4. The van der Waals surface area contributed by atoms with Gasteiger partial charge in [-0.25, -0.2) is 14.8 Å². The predicted molar refractivity (Wildman–Crippen MR) is 111 cm³/mol. The molecule has 0 atom stereocenters. The van der Waals surface area contributed by atoms with Crippen molar-refractivity contribution in [3.63, 3.8) is 0 Å². The number of carbonyl (C=O) groups excluding carboxylic acids is 1. The fraction of sp³-hybridized carbons (Fsp3) is 0.0417. The standard InChI is InChI=1S/C24H18N2O3/c1-28-23(27)19-15-20(17-9-4-2-5-10-17)22(29-24-25-13-8-14-26-24)21(16-19)18-11-6-3-7-12-18/h2-16H,1H3. The van der Waals surface area contributed by atoms with Crippen molar-refractivity contribution in [2.45, 2.75) is 0 Å². The molecule has 0 saturated carbocycles. The molecule has 142 valence electrons. The second-order valence-corrected chi connectivity index (χ2v) is 6.26. The van der Waals surface area contributed by atoms with Crippen molar-refractivity contribution < 1.29 is 14.3 Å². The van der Waals surface area contributed by atoms with Gasteiger partial charge in [0.2, 0.25) is 0 Å². The summed E-state index contributed by atoms with van der Waals surface area (Å²) in [5.74, 6) is 0.156. The van der Waals surface area contributed by atoms with Crippen LogP contribution in [0.25, 0.3) is 22.3 Å². The molecule has 0 radical (unpaired) electrons. The van der Waals surface area contributed by atoms with Crippen LogP contribution in [0.4, 0.5) is 0 Å². The summed E-state index contributed by atoms with van der Waals surface area (Å²) < 4.78 is 11.1. The first-order valence-corrected chi connectivity index (χ1v) is 9.08. The van der Waals surface area contributed by atoms with E-state index in [0.29, 0.717) is 11.3 Å². The summed E-state index contributed by atoms with van der Waals surface area (Å²) in [6.07, 6.45) is 3.24. The van der Waals surface area contributed by atoms with Crippen LogP contribution >= 0.6 is 0 Å². The summed E-state index contributed by atoms with van der Waals surface area (Å²) in [6, 6.07) is 25.0. The van der Waals surface area contributed by atoms with Crippen molar-refractivity contribution in [2.75, 3.05) is 7.11 Å². The zero-order chi connectivity index (χ0) is 20.1. The van der Waals surface area contributed by atoms with E-state index in [4.69, 9.17) is 9.47 Å². The lowest BCUT2D eigenvalue weighted by Gasteiger charge is -2.17. The molecule has 0 aliphatic heterocycles. The lowest BCUT2D eigenvalue weighted by molar-refractivity contribution is 0.0601. The van der Waals surface area contributed by atoms with Gasteiger partial charge in [-0.3, -0.25) is 0 Å². The van der Waals surface area contributed by atoms with Crippen LogP contribution in [0.3, 0.4) is 0 Å². The monoisotopic (exact) mass is 382 g/mol. The first kappa shape index (κ1) is 18.4. The Bertz CT molecular complexity index is 1050. The Kier molecular flexibility index (Phi) is 5.29. The van der Waals surface area contributed by atoms with Gasteiger partial charge in [0, 0.05) is 23.5 Å². The van der Waals surface area contributed by atoms with E-state index in [0.717, 1.165) is 22.3 Å². The minimum atomic E-state index is -0.415. The molecular weight excluding hydrogens is 364 g/mol. The second kappa shape index (κ2) is 8.35. The topological polar surface area (TPSA) is 61.3 Å². The van der Waals surface area contributed by atoms with E-state index in [9.17, 15) is 4.79 Å². The summed E-state index contributed by atoms with van der Waals surface area (Å²) in [6.45, 7) is 0. The number of aromatic nitrogens is 2. The Morgan fingerprint density at radius 3 is 1.76 bits per heavy atom. The third-order valence-electron chi connectivity index (χ3n) is 4.42. The van der Waals surface area contributed by atoms with Crippen molar-refractivity contribution >= 4 is 5.97 Å². The van der Waals surface area contributed by atoms with Crippen molar-refractivity contribution in [3.8, 4) is 34.0 Å². The Labute approximate surface area is 168 Å². The number of carbonyl (C=O) groups is 1. The van der Waals surface area contributed by atoms with E-state index < -0.39 is 5.97 Å². The van der Waals surface area contributed by atoms with E-state index in [1.807, 2.05) is 60.7 Å². The number of nitrogens with zero attached hydrogens (tertiary/aromatic N) is 2. The number of esters is 1. The Hall–Kier alpha value is -3.99. The lowest BCUT2D eigenvalue weighted by Crippen LogP contribution is -2.04. The molecule has 5 heteroatoms. The average Bonchev–Trinajstić information content (AvgIpc) is 2.80. The van der Waals surface area contributed by atoms with E-state index >= 15 is 0 Å². The molecule has 29 heavy (non-hydrogen) atoms. The van der Waals surface area contributed by atoms with E-state index in [1.54, 1.807) is 30.6 Å². The highest BCUT2D eigenvalue weighted by molar-refractivity contribution is 5.96. The van der Waals surface area contributed by atoms with Crippen molar-refractivity contribution in [3.05, 3.63) is 96.8 Å². The van der Waals surface area contributed by atoms with Gasteiger partial charge < -0.3 is 9.47 Å². The van der Waals surface area contributed by atoms with Crippen LogP contribution < -0.4 is 4.74 Å². The SMILES string of the molecule is COC(=O)c1cc(-c2ccccc2)c(Oc2ncccn2)c(-c2ccccc2)c1. The first-order chi connectivity index (χ1) is 14.3. The number of rotatable bonds is 5. The smallest absolute Gasteiger partial charge is 0.337 e. The van der Waals surface area contributed by atoms with E-state index in [-0.39, 0.29) is 6.01 Å². The summed E-state index contributed by atoms with van der Waals surface area (Å²) in [5, 5.41) is 0. The molecule has 1 aromatic heterocycles. The minimum absolute atomic E-state index is 0.229. The fourth-order valence-electron chi connectivity index (χ4n) is 3.07. The summed E-state index contributed by atoms with van der Waals surface area (Å²) >= 11 is 0. The van der Waals surface area contributed by atoms with Crippen LogP contribution in [0.2, 0.25) is 0 Å². The van der Waals surface area contributed by atoms with Crippen LogP contribution in [-0.4, -0.2) is 23.0 Å². The second-order valence-electron chi connectivity index (χ2n) is 6.26. The molecule has 1 heterocycles. The van der Waals surface area contributed by atoms with Crippen molar-refractivity contribution in [2.24, 2.45) is 0 Å². The van der Waals surface area contributed by atoms with Gasteiger partial charge >= 0.3 is 12.0 Å². The fourth-order valence-corrected chi connectivity index (χ4v) is 3.07. The van der Waals surface area contributed by atoms with Gasteiger partial charge in [-0.05, 0) is 29.3 Å². The average molecular weight is 382 g/mol. The molecular formula is C24H18N2O3. The zero-order valence-corrected chi connectivity index (χ0v) is 15.8. The molecule has 0 bridgehead atoms. The molecule has 0 amide bonds. The molecule has 0 fully saturated rings. The van der Waals surface area contributed by atoms with E-state index in [1.165, 1.54) is 7.11 Å². The molecule has 5 nitrogen and oxygen atoms in total. The zero-order valence-electron chi connectivity index (χ0n) is 15.8. The quantitative estimate of drug-likeness (QED) is 0.433. The summed E-state index contributed by atoms with van der Waals surface area (Å²) in [7, 11) is 1.37. The van der Waals surface area contributed by atoms with E-state index in [2.05, 4.69) is 9.97 Å². The molecule has 4 aromatic rings. The molecule has 0 saturated heterocycles. The molecule has 0 N–H and O–H groups in total. The summed E-state index contributed by atoms with van der Waals surface area (Å²) in [5.41, 5.74) is 3.74. The highest BCUT2D eigenvalue weighted by Crippen LogP contribution is 2.42. The van der Waals surface area contributed by atoms with Gasteiger partial charge in [0.15, 0.2) is 0 Å². The molecule has 0 aliphatic carbocycles. The Balaban J connectivity index is 1.99. The third-order valence-corrected chi connectivity index (χ3v) is 4.42. The maximum atomic E-state index is 12.4. The highest BCUT2D eigenvalue weighted by Gasteiger charge is 2.20. The largest absolute Gasteiger partial charge is 0.465 e. The van der Waals surface area contributed by atoms with Crippen molar-refractivity contribution in [1.29, 1.82) is 0 Å². The van der Waals surface area contributed by atoms with Crippen LogP contribution in [0.1, 0.15) is 10.4 Å². The Morgan fingerprint density at radius 2 is 1.28 bits per heavy atom. The molecule has 0 spiro atoms. The molecule has 0 unspecified atom stereocenters. The number of hydrogen-bond donors (Lipinski definition) is 0. The number of ether oxygens (including phenoxy) is 2. The van der Waals surface area contributed by atoms with Crippen LogP contribution in [0.15, 0.2) is 91.3 Å². The number of hydrogen-bond acceptors (Lipinski definition) is 5. The first-order valence-electron chi connectivity index (χ1n) is 9.08. The van der Waals surface area contributed by atoms with Gasteiger partial charge in [-0.15, -0.1) is 0 Å². The van der Waals surface area contributed by atoms with Crippen LogP contribution in [0, 0.1) is 0 Å². The third kappa shape index (κ3) is 3.99. The van der Waals surface area contributed by atoms with Gasteiger partial charge in [0.1, 0.15) is 5.75 Å². The van der Waals surface area contributed by atoms with Gasteiger partial charge in [-0.1, -0.05) is 60.7 Å². The maximum Gasteiger partial charge on any atom is 0.337 e. The van der Waals surface area contributed by atoms with Gasteiger partial charge in [0.25, 0.3) is 0 Å². The molecule has 3 aromatic carbocycles. The van der Waals surface area contributed by atoms with Gasteiger partial charge in [0.05, 0.1) is 12.7 Å². The predicted octanol–water partition coefficient (Wildman–Crippen LogP) is 5.39.